The number of hydrogen-bond donors (Lipinski definition) is 2. The van der Waals surface area contributed by atoms with Crippen molar-refractivity contribution in [3.63, 3.8) is 0 Å². The summed E-state index contributed by atoms with van der Waals surface area (Å²) in [4.78, 5) is 21.0. The predicted molar refractivity (Wildman–Crippen MR) is 126 cm³/mol. The van der Waals surface area contributed by atoms with Crippen LogP contribution in [0.5, 0.6) is 0 Å². The number of benzene rings is 2. The van der Waals surface area contributed by atoms with Crippen LogP contribution >= 0.6 is 0 Å². The zero-order valence-corrected chi connectivity index (χ0v) is 19.1. The molecular weight excluding hydrogens is 422 g/mol. The van der Waals surface area contributed by atoms with Crippen molar-refractivity contribution in [1.29, 1.82) is 5.26 Å². The van der Waals surface area contributed by atoms with Gasteiger partial charge in [-0.05, 0) is 36.4 Å². The van der Waals surface area contributed by atoms with Crippen LogP contribution in [0.3, 0.4) is 0 Å². The van der Waals surface area contributed by atoms with E-state index in [0.717, 1.165) is 16.7 Å². The van der Waals surface area contributed by atoms with Crippen LogP contribution in [-0.4, -0.2) is 27.1 Å². The van der Waals surface area contributed by atoms with E-state index in [2.05, 4.69) is 26.1 Å². The number of nitrogens with one attached hydrogen (secondary N) is 2. The maximum Gasteiger partial charge on any atom is 0.226 e. The van der Waals surface area contributed by atoms with Gasteiger partial charge < -0.3 is 5.32 Å². The van der Waals surface area contributed by atoms with Gasteiger partial charge in [-0.3, -0.25) is 4.79 Å². The Bertz CT molecular complexity index is 1170. The highest BCUT2D eigenvalue weighted by atomic mass is 32.2. The molecule has 0 bridgehead atoms. The van der Waals surface area contributed by atoms with Crippen molar-refractivity contribution in [2.24, 2.45) is 5.92 Å². The summed E-state index contributed by atoms with van der Waals surface area (Å²) in [5, 5.41) is 12.3. The van der Waals surface area contributed by atoms with Crippen LogP contribution in [0.4, 0.5) is 5.69 Å². The number of aromatic nitrogens is 2. The van der Waals surface area contributed by atoms with E-state index in [-0.39, 0.29) is 11.8 Å². The smallest absolute Gasteiger partial charge is 0.226 e. The van der Waals surface area contributed by atoms with E-state index in [9.17, 15) is 14.3 Å². The fourth-order valence-corrected chi connectivity index (χ4v) is 3.63. The predicted octanol–water partition coefficient (Wildman–Crippen LogP) is 3.58. The first kappa shape index (κ1) is 23.3. The summed E-state index contributed by atoms with van der Waals surface area (Å²) in [6.45, 7) is 3.60. The largest absolute Gasteiger partial charge is 0.325 e. The Hall–Kier alpha value is -3.41. The number of anilines is 1. The lowest BCUT2D eigenvalue weighted by Gasteiger charge is -2.11. The van der Waals surface area contributed by atoms with E-state index >= 15 is 0 Å². The number of amides is 1. The van der Waals surface area contributed by atoms with Crippen LogP contribution in [-0.2, 0) is 28.0 Å². The molecule has 0 fully saturated rings. The van der Waals surface area contributed by atoms with Gasteiger partial charge in [0, 0.05) is 24.1 Å². The second-order valence-electron chi connectivity index (χ2n) is 7.56. The minimum atomic E-state index is -1.08. The summed E-state index contributed by atoms with van der Waals surface area (Å²) >= 11 is 0. The lowest BCUT2D eigenvalue weighted by atomic mass is 10.1. The summed E-state index contributed by atoms with van der Waals surface area (Å²) in [5.74, 6) is 0.800. The van der Waals surface area contributed by atoms with Crippen LogP contribution in [0, 0.1) is 17.2 Å². The molecule has 1 heterocycles. The summed E-state index contributed by atoms with van der Waals surface area (Å²) in [7, 11) is 0.592. The zero-order valence-electron chi connectivity index (χ0n) is 18.3. The first-order valence-electron chi connectivity index (χ1n) is 10.2. The number of hydrogen-bond acceptors (Lipinski definition) is 5. The average molecular weight is 448 g/mol. The third-order valence-corrected chi connectivity index (χ3v) is 5.89. The molecule has 32 heavy (non-hydrogen) atoms. The van der Waals surface area contributed by atoms with Crippen LogP contribution in [0.2, 0.25) is 0 Å². The third-order valence-electron chi connectivity index (χ3n) is 4.83. The van der Waals surface area contributed by atoms with E-state index in [0.29, 0.717) is 34.9 Å². The molecule has 0 saturated carbocycles. The second-order valence-corrected chi connectivity index (χ2v) is 8.95. The molecule has 164 valence electrons. The third kappa shape index (κ3) is 6.06. The molecule has 1 atom stereocenters. The molecule has 3 rings (SSSR count). The minimum absolute atomic E-state index is 0.137. The van der Waals surface area contributed by atoms with Gasteiger partial charge in [0.15, 0.2) is 0 Å². The molecule has 2 aromatic carbocycles. The minimum Gasteiger partial charge on any atom is -0.325 e. The summed E-state index contributed by atoms with van der Waals surface area (Å²) in [5.41, 5.74) is 4.39. The van der Waals surface area contributed by atoms with Gasteiger partial charge in [-0.15, -0.1) is 0 Å². The van der Waals surface area contributed by atoms with Gasteiger partial charge in [0.2, 0.25) is 5.91 Å². The van der Waals surface area contributed by atoms with Crippen molar-refractivity contribution < 1.29 is 9.00 Å². The van der Waals surface area contributed by atoms with Gasteiger partial charge in [0.25, 0.3) is 0 Å². The molecule has 1 unspecified atom stereocenters. The Morgan fingerprint density at radius 3 is 2.50 bits per heavy atom. The van der Waals surface area contributed by atoms with E-state index in [1.165, 1.54) is 0 Å². The van der Waals surface area contributed by atoms with Crippen molar-refractivity contribution in [3.05, 3.63) is 77.2 Å². The van der Waals surface area contributed by atoms with Crippen LogP contribution in [0.15, 0.2) is 54.7 Å². The second kappa shape index (κ2) is 10.8. The highest BCUT2D eigenvalue weighted by Gasteiger charge is 2.12. The molecule has 0 aliphatic rings. The van der Waals surface area contributed by atoms with Crippen molar-refractivity contribution in [3.8, 4) is 17.3 Å². The Labute approximate surface area is 190 Å². The standard InChI is InChI=1S/C24H25N5O2S/c1-16(2)24(30)29-21-9-8-19(13-20(21)14-25)22-10-11-27-23(28-22)12-17-4-6-18(7-5-17)15-32(31)26-3/h4-11,13,16,26H,12,15H2,1-3H3,(H,29,30). The Morgan fingerprint density at radius 1 is 1.12 bits per heavy atom. The van der Waals surface area contributed by atoms with Crippen LogP contribution in [0.25, 0.3) is 11.3 Å². The number of rotatable bonds is 8. The van der Waals surface area contributed by atoms with Gasteiger partial charge >= 0.3 is 0 Å². The molecule has 3 aromatic rings. The molecule has 2 N–H and O–H groups in total. The van der Waals surface area contributed by atoms with Crippen LogP contribution in [0.1, 0.15) is 36.4 Å². The molecule has 7 nitrogen and oxygen atoms in total. The molecular formula is C24H25N5O2S. The number of nitrogens with zero attached hydrogens (tertiary/aromatic N) is 3. The van der Waals surface area contributed by atoms with E-state index in [4.69, 9.17) is 0 Å². The van der Waals surface area contributed by atoms with Gasteiger partial charge in [-0.25, -0.2) is 18.9 Å². The SMILES string of the molecule is CNS(=O)Cc1ccc(Cc2nccc(-c3ccc(NC(=O)C(C)C)c(C#N)c3)n2)cc1. The van der Waals surface area contributed by atoms with Crippen molar-refractivity contribution in [1.82, 2.24) is 14.7 Å². The highest BCUT2D eigenvalue weighted by molar-refractivity contribution is 7.82. The first-order chi connectivity index (χ1) is 15.4. The van der Waals surface area contributed by atoms with E-state index in [1.807, 2.05) is 30.3 Å². The van der Waals surface area contributed by atoms with Gasteiger partial charge in [0.05, 0.1) is 33.7 Å². The number of carbonyl (C=O) groups is 1. The van der Waals surface area contributed by atoms with Crippen molar-refractivity contribution >= 4 is 22.6 Å². The van der Waals surface area contributed by atoms with Crippen LogP contribution < -0.4 is 10.0 Å². The van der Waals surface area contributed by atoms with E-state index < -0.39 is 11.0 Å². The molecule has 1 amide bonds. The average Bonchev–Trinajstić information content (AvgIpc) is 2.80. The Kier molecular flexibility index (Phi) is 7.82. The lowest BCUT2D eigenvalue weighted by molar-refractivity contribution is -0.118. The maximum atomic E-state index is 12.0. The van der Waals surface area contributed by atoms with Crippen molar-refractivity contribution in [2.45, 2.75) is 26.0 Å². The summed E-state index contributed by atoms with van der Waals surface area (Å²) in [6.07, 6.45) is 2.25. The van der Waals surface area contributed by atoms with Crippen molar-refractivity contribution in [2.75, 3.05) is 12.4 Å². The molecule has 8 heteroatoms. The van der Waals surface area contributed by atoms with Gasteiger partial charge in [-0.2, -0.15) is 5.26 Å². The highest BCUT2D eigenvalue weighted by Crippen LogP contribution is 2.24. The maximum absolute atomic E-state index is 12.0. The summed E-state index contributed by atoms with van der Waals surface area (Å²) < 4.78 is 14.3. The van der Waals surface area contributed by atoms with Gasteiger partial charge in [-0.1, -0.05) is 44.2 Å². The molecule has 0 aliphatic carbocycles. The first-order valence-corrected chi connectivity index (χ1v) is 11.5. The monoisotopic (exact) mass is 447 g/mol. The summed E-state index contributed by atoms with van der Waals surface area (Å²) in [6, 6.07) is 17.1. The fourth-order valence-electron chi connectivity index (χ4n) is 2.99. The quantitative estimate of drug-likeness (QED) is 0.549. The lowest BCUT2D eigenvalue weighted by Crippen LogP contribution is -2.18. The number of carbonyl (C=O) groups excluding carboxylic acids is 1. The van der Waals surface area contributed by atoms with E-state index in [1.54, 1.807) is 45.3 Å². The molecule has 1 aromatic heterocycles. The zero-order chi connectivity index (χ0) is 23.1. The normalized spacial score (nSPS) is 11.7. The molecule has 0 aliphatic heterocycles. The Morgan fingerprint density at radius 2 is 1.84 bits per heavy atom. The van der Waals surface area contributed by atoms with Gasteiger partial charge in [0.1, 0.15) is 11.9 Å². The Balaban J connectivity index is 1.78. The molecule has 0 saturated heterocycles. The fraction of sp³-hybridized carbons (Fsp3) is 0.250. The number of nitriles is 1. The topological polar surface area (TPSA) is 108 Å². The molecule has 0 radical (unpaired) electrons. The molecule has 0 spiro atoms.